The second-order valence-corrected chi connectivity index (χ2v) is 11.6. The van der Waals surface area contributed by atoms with Gasteiger partial charge in [-0.2, -0.15) is 0 Å². The Hall–Kier alpha value is -0.840. The van der Waals surface area contributed by atoms with Crippen LogP contribution in [0.25, 0.3) is 0 Å². The number of aliphatic hydroxyl groups excluding tert-OH is 1. The molecule has 4 nitrogen and oxygen atoms in total. The largest absolute Gasteiger partial charge is 0.431 e. The summed E-state index contributed by atoms with van der Waals surface area (Å²) in [5.41, 5.74) is 0.727. The lowest BCUT2D eigenvalue weighted by Crippen LogP contribution is -2.56. The predicted molar refractivity (Wildman–Crippen MR) is 112 cm³/mol. The molecule has 0 radical (unpaired) electrons. The van der Waals surface area contributed by atoms with Crippen LogP contribution in [-0.2, 0) is 0 Å². The number of fused-ring (bicyclic) bond motifs is 5. The van der Waals surface area contributed by atoms with Crippen LogP contribution in [-0.4, -0.2) is 21.4 Å². The third-order valence-corrected chi connectivity index (χ3v) is 10.1. The number of alkyl halides is 1. The normalized spacial score (nSPS) is 51.8. The second-order valence-electron chi connectivity index (χ2n) is 11.0. The first-order valence-electron chi connectivity index (χ1n) is 11.3. The van der Waals surface area contributed by atoms with Gasteiger partial charge in [0.2, 0.25) is 0 Å². The summed E-state index contributed by atoms with van der Waals surface area (Å²) in [5.74, 6) is 1.63. The molecule has 1 aromatic rings. The predicted octanol–water partition coefficient (Wildman–Crippen LogP) is 4.66. The van der Waals surface area contributed by atoms with Gasteiger partial charge in [0.05, 0.1) is 12.4 Å². The first kappa shape index (κ1) is 20.1. The maximum atomic E-state index is 11.8. The Labute approximate surface area is 177 Å². The van der Waals surface area contributed by atoms with E-state index in [2.05, 4.69) is 13.8 Å². The van der Waals surface area contributed by atoms with Crippen molar-refractivity contribution >= 4 is 11.6 Å². The zero-order valence-corrected chi connectivity index (χ0v) is 18.2. The second kappa shape index (κ2) is 6.58. The molecule has 4 saturated carbocycles. The van der Waals surface area contributed by atoms with E-state index in [0.717, 1.165) is 50.5 Å². The van der Waals surface area contributed by atoms with Crippen LogP contribution in [0.5, 0.6) is 0 Å². The molecule has 0 bridgehead atoms. The molecule has 5 heteroatoms. The summed E-state index contributed by atoms with van der Waals surface area (Å²) in [6.07, 6.45) is 9.06. The van der Waals surface area contributed by atoms with Crippen molar-refractivity contribution in [2.45, 2.75) is 82.3 Å². The highest BCUT2D eigenvalue weighted by Crippen LogP contribution is 2.71. The molecular formula is C24H33ClO4. The van der Waals surface area contributed by atoms with Crippen LogP contribution < -0.4 is 5.63 Å². The van der Waals surface area contributed by atoms with Crippen LogP contribution in [0, 0.1) is 34.5 Å². The molecule has 4 unspecified atom stereocenters. The number of hydrogen-bond acceptors (Lipinski definition) is 4. The van der Waals surface area contributed by atoms with Crippen LogP contribution in [0.3, 0.4) is 0 Å². The zero-order valence-electron chi connectivity index (χ0n) is 17.4. The van der Waals surface area contributed by atoms with Crippen LogP contribution in [0.1, 0.15) is 76.7 Å². The highest BCUT2D eigenvalue weighted by atomic mass is 35.5. The molecule has 29 heavy (non-hydrogen) atoms. The van der Waals surface area contributed by atoms with Gasteiger partial charge in [0.1, 0.15) is 5.06 Å². The van der Waals surface area contributed by atoms with Crippen LogP contribution in [0.15, 0.2) is 27.6 Å². The lowest BCUT2D eigenvalue weighted by Gasteiger charge is -2.61. The van der Waals surface area contributed by atoms with Crippen molar-refractivity contribution < 1.29 is 14.6 Å². The van der Waals surface area contributed by atoms with Gasteiger partial charge < -0.3 is 14.6 Å². The van der Waals surface area contributed by atoms with Crippen molar-refractivity contribution in [3.05, 3.63) is 34.4 Å². The fraction of sp³-hybridized carbons (Fsp3) is 0.792. The van der Waals surface area contributed by atoms with Gasteiger partial charge in [0, 0.05) is 12.0 Å². The molecule has 1 aromatic heterocycles. The van der Waals surface area contributed by atoms with Crippen LogP contribution in [0.4, 0.5) is 0 Å². The zero-order chi connectivity index (χ0) is 20.6. The molecular weight excluding hydrogens is 388 g/mol. The maximum Gasteiger partial charge on any atom is 0.335 e. The smallest absolute Gasteiger partial charge is 0.335 e. The standard InChI is InChI=1S/C24H33ClO4/c1-22-8-5-16(26)12-15(22)3-4-17-18(22)6-9-23(2)19(13-24(25,28)21(17)23)14-7-10-29-20(27)11-14/h7,10-11,15-19,21,26,28H,3-6,8-9,12-13H2,1-2H3/t15?,16-,17?,18?,19?,21+,22-,23+,24-/m0/s1. The Balaban J connectivity index is 1.52. The summed E-state index contributed by atoms with van der Waals surface area (Å²) in [6.45, 7) is 4.72. The fourth-order valence-electron chi connectivity index (χ4n) is 8.45. The Kier molecular flexibility index (Phi) is 4.56. The number of hydrogen-bond donors (Lipinski definition) is 2. The molecule has 0 saturated heterocycles. The minimum absolute atomic E-state index is 0.0253. The Morgan fingerprint density at radius 1 is 1.14 bits per heavy atom. The fourth-order valence-corrected chi connectivity index (χ4v) is 9.02. The minimum atomic E-state index is -1.24. The first-order valence-corrected chi connectivity index (χ1v) is 11.7. The number of halogens is 1. The van der Waals surface area contributed by atoms with Gasteiger partial charge in [0.15, 0.2) is 0 Å². The Bertz CT molecular complexity index is 849. The molecule has 5 rings (SSSR count). The molecule has 1 heterocycles. The molecule has 0 spiro atoms. The Morgan fingerprint density at radius 2 is 1.90 bits per heavy atom. The van der Waals surface area contributed by atoms with E-state index in [9.17, 15) is 15.0 Å². The molecule has 4 aliphatic carbocycles. The summed E-state index contributed by atoms with van der Waals surface area (Å²) in [7, 11) is 0. The lowest BCUT2D eigenvalue weighted by molar-refractivity contribution is -0.143. The van der Waals surface area contributed by atoms with Gasteiger partial charge >= 0.3 is 5.63 Å². The number of rotatable bonds is 1. The van der Waals surface area contributed by atoms with E-state index in [4.69, 9.17) is 16.0 Å². The topological polar surface area (TPSA) is 70.7 Å². The molecule has 9 atom stereocenters. The van der Waals surface area contributed by atoms with Crippen molar-refractivity contribution in [1.29, 1.82) is 0 Å². The van der Waals surface area contributed by atoms with Crippen LogP contribution >= 0.6 is 11.6 Å². The summed E-state index contributed by atoms with van der Waals surface area (Å²) in [5, 5.41) is 20.4. The van der Waals surface area contributed by atoms with Gasteiger partial charge in [-0.15, -0.1) is 0 Å². The van der Waals surface area contributed by atoms with E-state index >= 15 is 0 Å². The summed E-state index contributed by atoms with van der Waals surface area (Å²) >= 11 is 6.89. The van der Waals surface area contributed by atoms with E-state index in [-0.39, 0.29) is 34.4 Å². The van der Waals surface area contributed by atoms with E-state index < -0.39 is 5.06 Å². The molecule has 0 aliphatic heterocycles. The van der Waals surface area contributed by atoms with Gasteiger partial charge in [-0.25, -0.2) is 4.79 Å². The van der Waals surface area contributed by atoms with Crippen molar-refractivity contribution in [2.75, 3.05) is 0 Å². The number of aliphatic hydroxyl groups is 2. The minimum Gasteiger partial charge on any atom is -0.431 e. The maximum absolute atomic E-state index is 11.8. The van der Waals surface area contributed by atoms with E-state index in [1.165, 1.54) is 6.26 Å². The van der Waals surface area contributed by atoms with Crippen LogP contribution in [0.2, 0.25) is 0 Å². The summed E-state index contributed by atoms with van der Waals surface area (Å²) in [4.78, 5) is 11.8. The third kappa shape index (κ3) is 2.89. The van der Waals surface area contributed by atoms with E-state index in [1.807, 2.05) is 6.07 Å². The molecule has 0 amide bonds. The summed E-state index contributed by atoms with van der Waals surface area (Å²) in [6, 6.07) is 3.46. The first-order chi connectivity index (χ1) is 13.6. The van der Waals surface area contributed by atoms with E-state index in [1.54, 1.807) is 6.07 Å². The quantitative estimate of drug-likeness (QED) is 0.648. The van der Waals surface area contributed by atoms with Gasteiger partial charge in [0.25, 0.3) is 0 Å². The molecule has 160 valence electrons. The van der Waals surface area contributed by atoms with Gasteiger partial charge in [-0.3, -0.25) is 0 Å². The van der Waals surface area contributed by atoms with Crippen molar-refractivity contribution in [3.8, 4) is 0 Å². The highest BCUT2D eigenvalue weighted by molar-refractivity contribution is 6.23. The van der Waals surface area contributed by atoms with Crippen molar-refractivity contribution in [2.24, 2.45) is 34.5 Å². The molecule has 4 fully saturated rings. The van der Waals surface area contributed by atoms with Crippen molar-refractivity contribution in [1.82, 2.24) is 0 Å². The highest BCUT2D eigenvalue weighted by Gasteiger charge is 2.67. The molecule has 2 N–H and O–H groups in total. The SMILES string of the molecule is C[C@]12CC[C@H](O)CC1CCC1C2CC[C@]2(C)C(c3ccoc(=O)c3)C[C@@](O)(Cl)[C@H]12. The third-order valence-electron chi connectivity index (χ3n) is 9.75. The van der Waals surface area contributed by atoms with Gasteiger partial charge in [-0.05, 0) is 97.5 Å². The van der Waals surface area contributed by atoms with Gasteiger partial charge in [-0.1, -0.05) is 25.4 Å². The Morgan fingerprint density at radius 3 is 2.66 bits per heavy atom. The summed E-state index contributed by atoms with van der Waals surface area (Å²) < 4.78 is 4.94. The molecule has 0 aromatic carbocycles. The monoisotopic (exact) mass is 420 g/mol. The lowest BCUT2D eigenvalue weighted by atomic mass is 9.44. The molecule has 4 aliphatic rings. The van der Waals surface area contributed by atoms with Crippen molar-refractivity contribution in [3.63, 3.8) is 0 Å². The average Bonchev–Trinajstić information content (AvgIpc) is 2.88. The average molecular weight is 421 g/mol. The van der Waals surface area contributed by atoms with E-state index in [0.29, 0.717) is 24.2 Å².